The second-order valence-electron chi connectivity index (χ2n) is 4.43. The Labute approximate surface area is 95.7 Å². The van der Waals surface area contributed by atoms with Gasteiger partial charge in [0.2, 0.25) is 5.91 Å². The van der Waals surface area contributed by atoms with E-state index >= 15 is 0 Å². The summed E-state index contributed by atoms with van der Waals surface area (Å²) >= 11 is 0. The van der Waals surface area contributed by atoms with Crippen molar-refractivity contribution in [3.8, 4) is 0 Å². The Balaban J connectivity index is 2.64. The lowest BCUT2D eigenvalue weighted by atomic mass is 10.1. The topological polar surface area (TPSA) is 61.4 Å². The first-order valence-electron chi connectivity index (χ1n) is 5.21. The second-order valence-corrected chi connectivity index (χ2v) is 4.43. The molecule has 0 heterocycles. The molecule has 0 fully saturated rings. The lowest BCUT2D eigenvalue weighted by Gasteiger charge is -2.18. The Bertz CT molecular complexity index is 370. The van der Waals surface area contributed by atoms with E-state index < -0.39 is 5.60 Å². The molecule has 0 spiro atoms. The van der Waals surface area contributed by atoms with Crippen molar-refractivity contribution in [2.24, 2.45) is 0 Å². The molecule has 0 aromatic heterocycles. The maximum Gasteiger partial charge on any atom is 0.221 e. The van der Waals surface area contributed by atoms with E-state index in [9.17, 15) is 9.90 Å². The highest BCUT2D eigenvalue weighted by Gasteiger charge is 2.11. The molecule has 1 amide bonds. The molecule has 1 rings (SSSR count). The van der Waals surface area contributed by atoms with E-state index in [4.69, 9.17) is 0 Å². The first kappa shape index (κ1) is 12.5. The summed E-state index contributed by atoms with van der Waals surface area (Å²) in [6.45, 7) is 5.39. The summed E-state index contributed by atoms with van der Waals surface area (Å²) in [4.78, 5) is 10.9. The second kappa shape index (κ2) is 4.99. The Morgan fingerprint density at radius 2 is 2.00 bits per heavy atom. The third-order valence-electron chi connectivity index (χ3n) is 1.91. The molecular weight excluding hydrogens is 204 g/mol. The van der Waals surface area contributed by atoms with E-state index in [1.165, 1.54) is 6.92 Å². The molecule has 4 nitrogen and oxygen atoms in total. The van der Waals surface area contributed by atoms with E-state index in [-0.39, 0.29) is 5.91 Å². The van der Waals surface area contributed by atoms with Gasteiger partial charge in [-0.3, -0.25) is 4.79 Å². The minimum atomic E-state index is -0.760. The van der Waals surface area contributed by atoms with Crippen molar-refractivity contribution >= 4 is 17.3 Å². The van der Waals surface area contributed by atoms with E-state index in [1.807, 2.05) is 24.3 Å². The summed E-state index contributed by atoms with van der Waals surface area (Å²) in [5.74, 6) is -0.0976. The van der Waals surface area contributed by atoms with Crippen LogP contribution in [0.3, 0.4) is 0 Å². The van der Waals surface area contributed by atoms with E-state index in [0.29, 0.717) is 6.54 Å². The average molecular weight is 222 g/mol. The monoisotopic (exact) mass is 222 g/mol. The zero-order chi connectivity index (χ0) is 12.2. The van der Waals surface area contributed by atoms with Gasteiger partial charge in [-0.2, -0.15) is 0 Å². The summed E-state index contributed by atoms with van der Waals surface area (Å²) in [5.41, 5.74) is 0.853. The van der Waals surface area contributed by atoms with Crippen molar-refractivity contribution < 1.29 is 9.90 Å². The van der Waals surface area contributed by atoms with Crippen molar-refractivity contribution in [1.29, 1.82) is 0 Å². The third-order valence-corrected chi connectivity index (χ3v) is 1.91. The molecule has 0 bridgehead atoms. The molecule has 0 saturated heterocycles. The fraction of sp³-hybridized carbons (Fsp3) is 0.417. The molecule has 0 radical (unpaired) electrons. The molecule has 88 valence electrons. The van der Waals surface area contributed by atoms with Gasteiger partial charge in [0.15, 0.2) is 0 Å². The van der Waals surface area contributed by atoms with E-state index in [2.05, 4.69) is 10.6 Å². The molecule has 0 aliphatic rings. The van der Waals surface area contributed by atoms with Crippen LogP contribution < -0.4 is 10.6 Å². The van der Waals surface area contributed by atoms with Crippen molar-refractivity contribution in [2.45, 2.75) is 26.4 Å². The SMILES string of the molecule is CC(=O)Nc1cccc(NCC(C)(C)O)c1. The lowest BCUT2D eigenvalue weighted by molar-refractivity contribution is -0.114. The molecule has 3 N–H and O–H groups in total. The highest BCUT2D eigenvalue weighted by atomic mass is 16.3. The van der Waals surface area contributed by atoms with Crippen LogP contribution in [0.5, 0.6) is 0 Å². The summed E-state index contributed by atoms with van der Waals surface area (Å²) in [6, 6.07) is 7.37. The van der Waals surface area contributed by atoms with Crippen LogP contribution >= 0.6 is 0 Å². The molecule has 0 atom stereocenters. The smallest absolute Gasteiger partial charge is 0.221 e. The molecule has 0 unspecified atom stereocenters. The van der Waals surface area contributed by atoms with Gasteiger partial charge in [0.25, 0.3) is 0 Å². The normalized spacial score (nSPS) is 11.0. The van der Waals surface area contributed by atoms with Crippen molar-refractivity contribution in [3.05, 3.63) is 24.3 Å². The molecule has 4 heteroatoms. The quantitative estimate of drug-likeness (QED) is 0.728. The number of anilines is 2. The van der Waals surface area contributed by atoms with Crippen LogP contribution in [0.2, 0.25) is 0 Å². The van der Waals surface area contributed by atoms with Crippen LogP contribution in [0.1, 0.15) is 20.8 Å². The van der Waals surface area contributed by atoms with Gasteiger partial charge < -0.3 is 15.7 Å². The number of benzene rings is 1. The standard InChI is InChI=1S/C12H18N2O2/c1-9(15)14-11-6-4-5-10(7-11)13-8-12(2,3)16/h4-7,13,16H,8H2,1-3H3,(H,14,15). The zero-order valence-electron chi connectivity index (χ0n) is 9.87. The van der Waals surface area contributed by atoms with Crippen LogP contribution in [-0.4, -0.2) is 23.2 Å². The molecule has 0 aliphatic carbocycles. The summed E-state index contributed by atoms with van der Waals surface area (Å²) in [5, 5.41) is 15.4. The fourth-order valence-electron chi connectivity index (χ4n) is 1.23. The number of carbonyl (C=O) groups excluding carboxylic acids is 1. The Morgan fingerprint density at radius 1 is 1.38 bits per heavy atom. The first-order valence-corrected chi connectivity index (χ1v) is 5.21. The zero-order valence-corrected chi connectivity index (χ0v) is 9.87. The summed E-state index contributed by atoms with van der Waals surface area (Å²) < 4.78 is 0. The predicted molar refractivity (Wildman–Crippen MR) is 65.5 cm³/mol. The Hall–Kier alpha value is -1.55. The third kappa shape index (κ3) is 4.79. The van der Waals surface area contributed by atoms with Crippen LogP contribution in [-0.2, 0) is 4.79 Å². The summed E-state index contributed by atoms with van der Waals surface area (Å²) in [6.07, 6.45) is 0. The van der Waals surface area contributed by atoms with Gasteiger partial charge in [-0.05, 0) is 32.0 Å². The average Bonchev–Trinajstić information content (AvgIpc) is 2.13. The maximum atomic E-state index is 10.9. The maximum absolute atomic E-state index is 10.9. The first-order chi connectivity index (χ1) is 7.37. The molecule has 1 aromatic carbocycles. The molecule has 0 aliphatic heterocycles. The molecule has 0 saturated carbocycles. The minimum Gasteiger partial charge on any atom is -0.389 e. The fourth-order valence-corrected chi connectivity index (χ4v) is 1.23. The number of carbonyl (C=O) groups is 1. The van der Waals surface area contributed by atoms with Gasteiger partial charge >= 0.3 is 0 Å². The molecule has 1 aromatic rings. The Morgan fingerprint density at radius 3 is 2.56 bits per heavy atom. The van der Waals surface area contributed by atoms with Crippen LogP contribution in [0.25, 0.3) is 0 Å². The minimum absolute atomic E-state index is 0.0976. The molecular formula is C12H18N2O2. The number of hydrogen-bond donors (Lipinski definition) is 3. The van der Waals surface area contributed by atoms with E-state index in [0.717, 1.165) is 11.4 Å². The number of aliphatic hydroxyl groups is 1. The predicted octanol–water partition coefficient (Wildman–Crippen LogP) is 1.83. The summed E-state index contributed by atoms with van der Waals surface area (Å²) in [7, 11) is 0. The lowest BCUT2D eigenvalue weighted by Crippen LogP contribution is -2.29. The van der Waals surface area contributed by atoms with Crippen molar-refractivity contribution in [1.82, 2.24) is 0 Å². The van der Waals surface area contributed by atoms with Crippen molar-refractivity contribution in [2.75, 3.05) is 17.2 Å². The Kier molecular flexibility index (Phi) is 3.90. The van der Waals surface area contributed by atoms with Gasteiger partial charge in [0.05, 0.1) is 5.60 Å². The van der Waals surface area contributed by atoms with Crippen molar-refractivity contribution in [3.63, 3.8) is 0 Å². The van der Waals surface area contributed by atoms with E-state index in [1.54, 1.807) is 13.8 Å². The van der Waals surface area contributed by atoms with Gasteiger partial charge in [-0.25, -0.2) is 0 Å². The van der Waals surface area contributed by atoms with Gasteiger partial charge in [0, 0.05) is 24.8 Å². The van der Waals surface area contributed by atoms with Crippen LogP contribution in [0.15, 0.2) is 24.3 Å². The van der Waals surface area contributed by atoms with Crippen LogP contribution in [0.4, 0.5) is 11.4 Å². The largest absolute Gasteiger partial charge is 0.389 e. The number of nitrogens with one attached hydrogen (secondary N) is 2. The number of rotatable bonds is 4. The highest BCUT2D eigenvalue weighted by molar-refractivity contribution is 5.89. The number of hydrogen-bond acceptors (Lipinski definition) is 3. The van der Waals surface area contributed by atoms with Crippen LogP contribution in [0, 0.1) is 0 Å². The van der Waals surface area contributed by atoms with Gasteiger partial charge in [0.1, 0.15) is 0 Å². The van der Waals surface area contributed by atoms with Gasteiger partial charge in [-0.15, -0.1) is 0 Å². The molecule has 16 heavy (non-hydrogen) atoms. The number of amides is 1. The highest BCUT2D eigenvalue weighted by Crippen LogP contribution is 2.15. The van der Waals surface area contributed by atoms with Gasteiger partial charge in [-0.1, -0.05) is 6.07 Å².